The van der Waals surface area contributed by atoms with Gasteiger partial charge in [0.2, 0.25) is 10.0 Å². The van der Waals surface area contributed by atoms with Crippen LogP contribution in [-0.2, 0) is 19.6 Å². The maximum atomic E-state index is 13.1. The molecule has 1 heterocycles. The molecular weight excluding hydrogens is 444 g/mol. The van der Waals surface area contributed by atoms with Gasteiger partial charge in [-0.2, -0.15) is 4.31 Å². The number of hydrogen-bond donors (Lipinski definition) is 1. The van der Waals surface area contributed by atoms with Crippen molar-refractivity contribution in [3.8, 4) is 5.75 Å². The highest BCUT2D eigenvalue weighted by Crippen LogP contribution is 2.25. The molecule has 3 rings (SSSR count). The first-order chi connectivity index (χ1) is 15.8. The summed E-state index contributed by atoms with van der Waals surface area (Å²) < 4.78 is 38.0. The molecule has 0 aliphatic carbocycles. The zero-order chi connectivity index (χ0) is 23.8. The largest absolute Gasteiger partial charge is 0.494 e. The molecule has 1 saturated heterocycles. The lowest BCUT2D eigenvalue weighted by Crippen LogP contribution is -2.40. The molecule has 178 valence electrons. The Morgan fingerprint density at radius 1 is 1.03 bits per heavy atom. The summed E-state index contributed by atoms with van der Waals surface area (Å²) in [6.07, 6.45) is 0.839. The van der Waals surface area contributed by atoms with Crippen molar-refractivity contribution in [2.45, 2.75) is 31.6 Å². The van der Waals surface area contributed by atoms with Crippen molar-refractivity contribution >= 4 is 27.5 Å². The molecule has 0 atom stereocenters. The van der Waals surface area contributed by atoms with Gasteiger partial charge < -0.3 is 14.8 Å². The van der Waals surface area contributed by atoms with Crippen molar-refractivity contribution in [1.29, 1.82) is 0 Å². The Hall–Kier alpha value is -2.91. The van der Waals surface area contributed by atoms with Crippen LogP contribution in [0.5, 0.6) is 5.75 Å². The first kappa shape index (κ1) is 24.7. The highest BCUT2D eigenvalue weighted by molar-refractivity contribution is 7.89. The first-order valence-corrected chi connectivity index (χ1v) is 12.6. The standard InChI is InChI=1S/C24H30N2O6S/c1-3-31-21-10-8-20(9-11-21)25-17-23(27)19-6-5-7-22(16-19)33(29,30)26-14-12-18(13-15-26)24(28)32-4-2/h5-11,16,18,25H,3-4,12-15,17H2,1-2H3. The maximum absolute atomic E-state index is 13.1. The van der Waals surface area contributed by atoms with Gasteiger partial charge >= 0.3 is 5.97 Å². The third kappa shape index (κ3) is 6.33. The molecule has 2 aromatic carbocycles. The van der Waals surface area contributed by atoms with E-state index in [1.54, 1.807) is 19.1 Å². The molecule has 0 radical (unpaired) electrons. The van der Waals surface area contributed by atoms with E-state index < -0.39 is 10.0 Å². The number of carbonyl (C=O) groups is 2. The predicted octanol–water partition coefficient (Wildman–Crippen LogP) is 3.34. The fourth-order valence-electron chi connectivity index (χ4n) is 3.69. The number of nitrogens with zero attached hydrogens (tertiary/aromatic N) is 1. The Morgan fingerprint density at radius 3 is 2.36 bits per heavy atom. The first-order valence-electron chi connectivity index (χ1n) is 11.1. The molecule has 8 nitrogen and oxygen atoms in total. The van der Waals surface area contributed by atoms with E-state index in [0.717, 1.165) is 11.4 Å². The van der Waals surface area contributed by atoms with E-state index in [-0.39, 0.29) is 42.2 Å². The van der Waals surface area contributed by atoms with Crippen molar-refractivity contribution in [3.63, 3.8) is 0 Å². The number of anilines is 1. The minimum Gasteiger partial charge on any atom is -0.494 e. The number of esters is 1. The summed E-state index contributed by atoms with van der Waals surface area (Å²) in [5, 5.41) is 3.05. The number of rotatable bonds is 10. The molecule has 0 aromatic heterocycles. The lowest BCUT2D eigenvalue weighted by atomic mass is 9.98. The Kier molecular flexibility index (Phi) is 8.46. The topological polar surface area (TPSA) is 102 Å². The van der Waals surface area contributed by atoms with E-state index in [9.17, 15) is 18.0 Å². The van der Waals surface area contributed by atoms with Crippen LogP contribution in [0.2, 0.25) is 0 Å². The number of ketones is 1. The molecule has 0 unspecified atom stereocenters. The van der Waals surface area contributed by atoms with E-state index in [1.165, 1.54) is 16.4 Å². The van der Waals surface area contributed by atoms with E-state index in [4.69, 9.17) is 9.47 Å². The van der Waals surface area contributed by atoms with Crippen molar-refractivity contribution in [1.82, 2.24) is 4.31 Å². The normalized spacial score (nSPS) is 15.1. The van der Waals surface area contributed by atoms with Gasteiger partial charge in [0.15, 0.2) is 5.78 Å². The van der Waals surface area contributed by atoms with Gasteiger partial charge in [0.25, 0.3) is 0 Å². The predicted molar refractivity (Wildman–Crippen MR) is 125 cm³/mol. The third-order valence-electron chi connectivity index (χ3n) is 5.49. The number of hydrogen-bond acceptors (Lipinski definition) is 7. The van der Waals surface area contributed by atoms with E-state index in [2.05, 4.69) is 5.32 Å². The van der Waals surface area contributed by atoms with Crippen LogP contribution in [0.3, 0.4) is 0 Å². The second-order valence-electron chi connectivity index (χ2n) is 7.69. The fourth-order valence-corrected chi connectivity index (χ4v) is 5.21. The molecule has 0 amide bonds. The van der Waals surface area contributed by atoms with Crippen molar-refractivity contribution in [2.24, 2.45) is 5.92 Å². The molecule has 1 aliphatic rings. The second kappa shape index (κ2) is 11.3. The van der Waals surface area contributed by atoms with Gasteiger partial charge in [0, 0.05) is 24.3 Å². The van der Waals surface area contributed by atoms with Gasteiger partial charge in [-0.15, -0.1) is 0 Å². The van der Waals surface area contributed by atoms with Crippen LogP contribution in [0.15, 0.2) is 53.4 Å². The Morgan fingerprint density at radius 2 is 1.73 bits per heavy atom. The summed E-state index contributed by atoms with van der Waals surface area (Å²) in [4.78, 5) is 24.7. The lowest BCUT2D eigenvalue weighted by molar-refractivity contribution is -0.149. The van der Waals surface area contributed by atoms with E-state index in [1.807, 2.05) is 31.2 Å². The molecule has 0 bridgehead atoms. The molecule has 2 aromatic rings. The van der Waals surface area contributed by atoms with Gasteiger partial charge in [-0.05, 0) is 63.1 Å². The smallest absolute Gasteiger partial charge is 0.309 e. The van der Waals surface area contributed by atoms with Gasteiger partial charge in [0.1, 0.15) is 5.75 Å². The maximum Gasteiger partial charge on any atom is 0.309 e. The molecule has 9 heteroatoms. The minimum atomic E-state index is -3.76. The zero-order valence-electron chi connectivity index (χ0n) is 19.0. The van der Waals surface area contributed by atoms with E-state index >= 15 is 0 Å². The van der Waals surface area contributed by atoms with Gasteiger partial charge in [-0.3, -0.25) is 9.59 Å². The van der Waals surface area contributed by atoms with Crippen LogP contribution in [0.1, 0.15) is 37.0 Å². The van der Waals surface area contributed by atoms with Crippen LogP contribution in [0.25, 0.3) is 0 Å². The summed E-state index contributed by atoms with van der Waals surface area (Å²) in [7, 11) is -3.76. The molecule has 0 saturated carbocycles. The van der Waals surface area contributed by atoms with Crippen LogP contribution < -0.4 is 10.1 Å². The average molecular weight is 475 g/mol. The van der Waals surface area contributed by atoms with Crippen molar-refractivity contribution in [3.05, 3.63) is 54.1 Å². The number of benzene rings is 2. The van der Waals surface area contributed by atoms with Crippen molar-refractivity contribution in [2.75, 3.05) is 38.2 Å². The minimum absolute atomic E-state index is 0.0302. The Balaban J connectivity index is 1.62. The average Bonchev–Trinajstić information content (AvgIpc) is 2.84. The third-order valence-corrected chi connectivity index (χ3v) is 7.38. The number of piperidine rings is 1. The number of Topliss-reactive ketones (excluding diaryl/α,β-unsaturated/α-hetero) is 1. The number of nitrogens with one attached hydrogen (secondary N) is 1. The SMILES string of the molecule is CCOC(=O)C1CCN(S(=O)(=O)c2cccc(C(=O)CNc3ccc(OCC)cc3)c2)CC1. The molecule has 33 heavy (non-hydrogen) atoms. The fraction of sp³-hybridized carbons (Fsp3) is 0.417. The molecular formula is C24H30N2O6S. The number of carbonyl (C=O) groups excluding carboxylic acids is 2. The highest BCUT2D eigenvalue weighted by Gasteiger charge is 2.33. The van der Waals surface area contributed by atoms with Gasteiger partial charge in [-0.1, -0.05) is 12.1 Å². The van der Waals surface area contributed by atoms with Gasteiger partial charge in [-0.25, -0.2) is 8.42 Å². The van der Waals surface area contributed by atoms with Crippen LogP contribution in [-0.4, -0.2) is 57.3 Å². The Bertz CT molecular complexity index is 1060. The zero-order valence-corrected chi connectivity index (χ0v) is 19.8. The Labute approximate surface area is 194 Å². The second-order valence-corrected chi connectivity index (χ2v) is 9.63. The quantitative estimate of drug-likeness (QED) is 0.416. The number of ether oxygens (including phenoxy) is 2. The van der Waals surface area contributed by atoms with Crippen LogP contribution in [0, 0.1) is 5.92 Å². The van der Waals surface area contributed by atoms with Crippen molar-refractivity contribution < 1.29 is 27.5 Å². The lowest BCUT2D eigenvalue weighted by Gasteiger charge is -2.30. The summed E-state index contributed by atoms with van der Waals surface area (Å²) in [6, 6.07) is 13.3. The molecule has 1 N–H and O–H groups in total. The molecule has 1 fully saturated rings. The van der Waals surface area contributed by atoms with E-state index in [0.29, 0.717) is 31.6 Å². The summed E-state index contributed by atoms with van der Waals surface area (Å²) in [5.74, 6) is -0.0271. The van der Waals surface area contributed by atoms with Crippen LogP contribution >= 0.6 is 0 Å². The monoisotopic (exact) mass is 474 g/mol. The van der Waals surface area contributed by atoms with Gasteiger partial charge in [0.05, 0.1) is 30.6 Å². The summed E-state index contributed by atoms with van der Waals surface area (Å²) in [6.45, 7) is 5.05. The summed E-state index contributed by atoms with van der Waals surface area (Å²) in [5.41, 5.74) is 1.08. The summed E-state index contributed by atoms with van der Waals surface area (Å²) >= 11 is 0. The molecule has 0 spiro atoms. The van der Waals surface area contributed by atoms with Crippen LogP contribution in [0.4, 0.5) is 5.69 Å². The number of sulfonamides is 1. The highest BCUT2D eigenvalue weighted by atomic mass is 32.2. The molecule has 1 aliphatic heterocycles.